The van der Waals surface area contributed by atoms with Crippen molar-refractivity contribution in [3.8, 4) is 11.5 Å². The summed E-state index contributed by atoms with van der Waals surface area (Å²) in [5, 5.41) is 6.33. The van der Waals surface area contributed by atoms with Crippen LogP contribution in [0, 0.1) is 13.8 Å². The molecular weight excluding hydrogens is 394 g/mol. The second-order valence-electron chi connectivity index (χ2n) is 7.37. The molecule has 31 heavy (non-hydrogen) atoms. The maximum Gasteiger partial charge on any atom is 0.277 e. The summed E-state index contributed by atoms with van der Waals surface area (Å²) >= 11 is 0. The van der Waals surface area contributed by atoms with Gasteiger partial charge in [0.2, 0.25) is 0 Å². The second kappa shape index (κ2) is 8.51. The van der Waals surface area contributed by atoms with Gasteiger partial charge in [0, 0.05) is 18.1 Å². The van der Waals surface area contributed by atoms with Crippen LogP contribution >= 0.6 is 0 Å². The number of nitrogens with one attached hydrogen (secondary N) is 2. The summed E-state index contributed by atoms with van der Waals surface area (Å²) in [6.07, 6.45) is 0.524. The molecule has 2 heterocycles. The van der Waals surface area contributed by atoms with Crippen LogP contribution in [-0.4, -0.2) is 33.8 Å². The minimum absolute atomic E-state index is 0.135. The first-order valence-electron chi connectivity index (χ1n) is 9.97. The quantitative estimate of drug-likeness (QED) is 0.478. The number of hydrogen-bond acceptors (Lipinski definition) is 6. The first-order valence-corrected chi connectivity index (χ1v) is 9.97. The van der Waals surface area contributed by atoms with Gasteiger partial charge in [-0.1, -0.05) is 29.8 Å². The molecule has 0 saturated carbocycles. The first kappa shape index (κ1) is 20.5. The molecule has 8 nitrogen and oxygen atoms in total. The highest BCUT2D eigenvalue weighted by Crippen LogP contribution is 2.29. The van der Waals surface area contributed by atoms with Gasteiger partial charge in [-0.3, -0.25) is 9.89 Å². The topological polar surface area (TPSA) is 93.5 Å². The van der Waals surface area contributed by atoms with E-state index in [2.05, 4.69) is 20.4 Å². The summed E-state index contributed by atoms with van der Waals surface area (Å²) in [7, 11) is 3.21. The Balaban J connectivity index is 1.59. The fraction of sp³-hybridized carbons (Fsp3) is 0.261. The van der Waals surface area contributed by atoms with Gasteiger partial charge in [0.05, 0.1) is 32.1 Å². The van der Waals surface area contributed by atoms with Crippen LogP contribution in [0.4, 0.5) is 5.69 Å². The molecule has 0 aliphatic carbocycles. The number of nitrogens with zero attached hydrogens (tertiary/aromatic N) is 3. The number of benzene rings is 2. The molecule has 0 fully saturated rings. The lowest BCUT2D eigenvalue weighted by molar-refractivity contribution is 0.395. The number of fused-ring (bicyclic) bond motifs is 1. The molecule has 4 aromatic rings. The van der Waals surface area contributed by atoms with Crippen molar-refractivity contribution in [3.05, 3.63) is 81.0 Å². The third kappa shape index (κ3) is 4.23. The highest BCUT2D eigenvalue weighted by atomic mass is 16.5. The Morgan fingerprint density at radius 2 is 1.81 bits per heavy atom. The fourth-order valence-corrected chi connectivity index (χ4v) is 3.41. The largest absolute Gasteiger partial charge is 0.497 e. The summed E-state index contributed by atoms with van der Waals surface area (Å²) in [5.41, 5.74) is 4.25. The van der Waals surface area contributed by atoms with E-state index in [0.29, 0.717) is 47.3 Å². The molecule has 0 spiro atoms. The molecular formula is C23H25N5O3. The Bertz CT molecular complexity index is 1280. The summed E-state index contributed by atoms with van der Waals surface area (Å²) in [4.78, 5) is 22.1. The van der Waals surface area contributed by atoms with Crippen LogP contribution in [0.2, 0.25) is 0 Å². The van der Waals surface area contributed by atoms with E-state index in [1.165, 1.54) is 10.1 Å². The number of H-pyrrole nitrogens is 1. The zero-order chi connectivity index (χ0) is 22.0. The van der Waals surface area contributed by atoms with E-state index in [0.717, 1.165) is 11.3 Å². The number of ether oxygens (including phenoxy) is 2. The van der Waals surface area contributed by atoms with E-state index >= 15 is 0 Å². The summed E-state index contributed by atoms with van der Waals surface area (Å²) in [6.45, 7) is 4.26. The molecule has 2 aromatic heterocycles. The van der Waals surface area contributed by atoms with Gasteiger partial charge in [0.25, 0.3) is 11.3 Å². The predicted molar refractivity (Wildman–Crippen MR) is 119 cm³/mol. The van der Waals surface area contributed by atoms with Gasteiger partial charge in [-0.2, -0.15) is 9.50 Å². The molecule has 0 amide bonds. The van der Waals surface area contributed by atoms with Crippen LogP contribution in [0.1, 0.15) is 28.2 Å². The predicted octanol–water partition coefficient (Wildman–Crippen LogP) is 3.25. The molecule has 0 radical (unpaired) electrons. The van der Waals surface area contributed by atoms with Gasteiger partial charge in [0.1, 0.15) is 17.3 Å². The number of rotatable bonds is 7. The Kier molecular flexibility index (Phi) is 5.62. The molecule has 160 valence electrons. The Hall–Kier alpha value is -3.81. The van der Waals surface area contributed by atoms with Crippen molar-refractivity contribution in [3.63, 3.8) is 0 Å². The molecule has 0 unspecified atom stereocenters. The van der Waals surface area contributed by atoms with Crippen LogP contribution in [0.15, 0.2) is 47.3 Å². The third-order valence-electron chi connectivity index (χ3n) is 5.20. The highest BCUT2D eigenvalue weighted by Gasteiger charge is 2.14. The summed E-state index contributed by atoms with van der Waals surface area (Å²) < 4.78 is 12.0. The summed E-state index contributed by atoms with van der Waals surface area (Å²) in [5.74, 6) is 2.31. The molecule has 4 rings (SSSR count). The molecule has 2 aromatic carbocycles. The van der Waals surface area contributed by atoms with Gasteiger partial charge >= 0.3 is 0 Å². The average Bonchev–Trinajstić information content (AvgIpc) is 3.19. The van der Waals surface area contributed by atoms with Crippen molar-refractivity contribution in [1.29, 1.82) is 0 Å². The lowest BCUT2D eigenvalue weighted by Gasteiger charge is -2.11. The van der Waals surface area contributed by atoms with Crippen molar-refractivity contribution < 1.29 is 9.47 Å². The third-order valence-corrected chi connectivity index (χ3v) is 5.20. The van der Waals surface area contributed by atoms with E-state index in [1.54, 1.807) is 20.3 Å². The molecule has 0 aliphatic rings. The van der Waals surface area contributed by atoms with Crippen molar-refractivity contribution in [2.24, 2.45) is 0 Å². The van der Waals surface area contributed by atoms with Gasteiger partial charge < -0.3 is 14.8 Å². The van der Waals surface area contributed by atoms with E-state index in [-0.39, 0.29) is 5.56 Å². The minimum atomic E-state index is -0.135. The van der Waals surface area contributed by atoms with Gasteiger partial charge in [-0.05, 0) is 31.5 Å². The number of hydrogen-bond donors (Lipinski definition) is 2. The van der Waals surface area contributed by atoms with Crippen LogP contribution < -0.4 is 20.3 Å². The second-order valence-corrected chi connectivity index (χ2v) is 7.37. The monoisotopic (exact) mass is 419 g/mol. The molecule has 0 aliphatic heterocycles. The highest BCUT2D eigenvalue weighted by molar-refractivity contribution is 5.59. The van der Waals surface area contributed by atoms with Crippen LogP contribution in [-0.2, 0) is 13.0 Å². The van der Waals surface area contributed by atoms with Crippen LogP contribution in [0.3, 0.4) is 0 Å². The number of methoxy groups -OCH3 is 2. The Morgan fingerprint density at radius 1 is 1.03 bits per heavy atom. The van der Waals surface area contributed by atoms with Gasteiger partial charge in [0.15, 0.2) is 0 Å². The van der Waals surface area contributed by atoms with Gasteiger partial charge in [-0.15, -0.1) is 0 Å². The van der Waals surface area contributed by atoms with Crippen molar-refractivity contribution in [2.45, 2.75) is 26.8 Å². The Morgan fingerprint density at radius 3 is 2.52 bits per heavy atom. The number of aromatic nitrogens is 4. The van der Waals surface area contributed by atoms with E-state index in [9.17, 15) is 4.79 Å². The molecule has 0 saturated heterocycles. The zero-order valence-electron chi connectivity index (χ0n) is 18.0. The van der Waals surface area contributed by atoms with Gasteiger partial charge in [-0.25, -0.2) is 4.98 Å². The fourth-order valence-electron chi connectivity index (χ4n) is 3.41. The summed E-state index contributed by atoms with van der Waals surface area (Å²) in [6, 6.07) is 13.7. The normalized spacial score (nSPS) is 11.0. The van der Waals surface area contributed by atoms with Crippen molar-refractivity contribution in [2.75, 3.05) is 19.5 Å². The molecule has 2 N–H and O–H groups in total. The smallest absolute Gasteiger partial charge is 0.277 e. The molecule has 0 atom stereocenters. The SMILES string of the molecule is COc1ccc(NCc2nc3nc(C)c(Cc4ccc(C)cc4)c(=O)n3[nH]2)c(OC)c1. The first-order chi connectivity index (χ1) is 15.0. The van der Waals surface area contributed by atoms with Crippen LogP contribution in [0.25, 0.3) is 5.78 Å². The van der Waals surface area contributed by atoms with Crippen LogP contribution in [0.5, 0.6) is 11.5 Å². The number of aromatic amines is 1. The zero-order valence-corrected chi connectivity index (χ0v) is 18.0. The number of anilines is 1. The maximum atomic E-state index is 13.1. The lowest BCUT2D eigenvalue weighted by Crippen LogP contribution is -2.22. The molecule has 8 heteroatoms. The van der Waals surface area contributed by atoms with E-state index < -0.39 is 0 Å². The standard InChI is InChI=1S/C23H25N5O3/c1-14-5-7-16(8-6-14)11-18-15(2)25-23-26-21(27-28(23)22(18)29)13-24-19-10-9-17(30-3)12-20(19)31-4/h5-10,12,24H,11,13H2,1-4H3,(H,25,26,27). The van der Waals surface area contributed by atoms with Crippen molar-refractivity contribution >= 4 is 11.5 Å². The molecule has 0 bridgehead atoms. The average molecular weight is 419 g/mol. The Labute approximate surface area is 179 Å². The van der Waals surface area contributed by atoms with E-state index in [4.69, 9.17) is 9.47 Å². The lowest BCUT2D eigenvalue weighted by atomic mass is 10.0. The van der Waals surface area contributed by atoms with E-state index in [1.807, 2.05) is 50.2 Å². The maximum absolute atomic E-state index is 13.1. The minimum Gasteiger partial charge on any atom is -0.497 e. The number of aryl methyl sites for hydroxylation is 2. The van der Waals surface area contributed by atoms with Crippen molar-refractivity contribution in [1.82, 2.24) is 19.6 Å².